The van der Waals surface area contributed by atoms with Crippen molar-refractivity contribution in [3.05, 3.63) is 81.6 Å². The number of nitrogens with zero attached hydrogens (tertiary/aromatic N) is 4. The van der Waals surface area contributed by atoms with Gasteiger partial charge in [0.2, 0.25) is 11.8 Å². The lowest BCUT2D eigenvalue weighted by atomic mass is 10.00. The normalized spacial score (nSPS) is 18.3. The van der Waals surface area contributed by atoms with Crippen molar-refractivity contribution >= 4 is 57.9 Å². The smallest absolute Gasteiger partial charge is 0.220 e. The van der Waals surface area contributed by atoms with Crippen LogP contribution in [-0.2, 0) is 22.7 Å². The molecule has 2 fully saturated rings. The maximum Gasteiger partial charge on any atom is 0.220 e. The largest absolute Gasteiger partial charge is 0.352 e. The van der Waals surface area contributed by atoms with E-state index >= 15 is 0 Å². The number of carbonyl (C=O) groups excluding carboxylic acids is 2. The Hall–Kier alpha value is -3.67. The number of halogens is 3. The molecule has 232 valence electrons. The average molecular weight is 666 g/mol. The molecule has 5 aromatic rings. The number of hydrogen-bond donors (Lipinski definition) is 4. The number of rotatable bonds is 10. The molecule has 0 radical (unpaired) electrons. The molecular weight excluding hydrogens is 635 g/mol. The van der Waals surface area contributed by atoms with E-state index in [0.717, 1.165) is 57.8 Å². The SMILES string of the molecule is O=C1CC[C@@H](CNCc2nc3cc(-c4cccc(-c5ccn6c(Cl)c(CNC[C@@H]7CCC(=O)N7)nc6c5)c4Cl)ccn3c2Cl)N1. The molecule has 2 amide bonds. The highest BCUT2D eigenvalue weighted by atomic mass is 35.5. The highest BCUT2D eigenvalue weighted by molar-refractivity contribution is 6.36. The van der Waals surface area contributed by atoms with E-state index in [1.165, 1.54) is 0 Å². The summed E-state index contributed by atoms with van der Waals surface area (Å²) in [4.78, 5) is 32.5. The predicted molar refractivity (Wildman–Crippen MR) is 176 cm³/mol. The molecule has 0 aliphatic carbocycles. The van der Waals surface area contributed by atoms with Crippen molar-refractivity contribution < 1.29 is 9.59 Å². The van der Waals surface area contributed by atoms with Gasteiger partial charge < -0.3 is 21.3 Å². The van der Waals surface area contributed by atoms with Crippen LogP contribution in [0.2, 0.25) is 15.3 Å². The van der Waals surface area contributed by atoms with E-state index in [1.54, 1.807) is 0 Å². The Morgan fingerprint density at radius 2 is 1.20 bits per heavy atom. The molecule has 2 saturated heterocycles. The fraction of sp³-hybridized carbons (Fsp3) is 0.312. The minimum atomic E-state index is 0.0975. The van der Waals surface area contributed by atoms with Gasteiger partial charge in [-0.05, 0) is 48.2 Å². The van der Waals surface area contributed by atoms with E-state index in [0.29, 0.717) is 54.3 Å². The Balaban J connectivity index is 1.09. The summed E-state index contributed by atoms with van der Waals surface area (Å²) >= 11 is 20.4. The first-order valence-corrected chi connectivity index (χ1v) is 16.1. The molecule has 6 heterocycles. The van der Waals surface area contributed by atoms with Gasteiger partial charge in [-0.15, -0.1) is 0 Å². The maximum absolute atomic E-state index is 11.5. The van der Waals surface area contributed by atoms with Crippen molar-refractivity contribution in [2.75, 3.05) is 13.1 Å². The van der Waals surface area contributed by atoms with Crippen molar-refractivity contribution in [1.29, 1.82) is 0 Å². The quantitative estimate of drug-likeness (QED) is 0.167. The van der Waals surface area contributed by atoms with E-state index in [-0.39, 0.29) is 23.9 Å². The highest BCUT2D eigenvalue weighted by Crippen LogP contribution is 2.37. The van der Waals surface area contributed by atoms with E-state index in [4.69, 9.17) is 44.8 Å². The average Bonchev–Trinajstić information content (AvgIpc) is 3.80. The number of hydrogen-bond acceptors (Lipinski definition) is 6. The van der Waals surface area contributed by atoms with Gasteiger partial charge >= 0.3 is 0 Å². The van der Waals surface area contributed by atoms with Gasteiger partial charge in [0.25, 0.3) is 0 Å². The lowest BCUT2D eigenvalue weighted by molar-refractivity contribution is -0.120. The van der Waals surface area contributed by atoms with Crippen LogP contribution >= 0.6 is 34.8 Å². The molecule has 2 aliphatic rings. The summed E-state index contributed by atoms with van der Waals surface area (Å²) in [5.41, 5.74) is 6.50. The molecule has 0 saturated carbocycles. The Labute approximate surface area is 274 Å². The summed E-state index contributed by atoms with van der Waals surface area (Å²) < 4.78 is 3.70. The van der Waals surface area contributed by atoms with Crippen LogP contribution in [0.1, 0.15) is 37.1 Å². The topological polar surface area (TPSA) is 117 Å². The van der Waals surface area contributed by atoms with Gasteiger partial charge in [0.05, 0.1) is 16.4 Å². The van der Waals surface area contributed by atoms with Crippen LogP contribution < -0.4 is 21.3 Å². The summed E-state index contributed by atoms with van der Waals surface area (Å²) in [5, 5.41) is 14.3. The minimum absolute atomic E-state index is 0.0975. The van der Waals surface area contributed by atoms with Crippen molar-refractivity contribution in [3.8, 4) is 22.3 Å². The van der Waals surface area contributed by atoms with Gasteiger partial charge in [0, 0.05) is 74.6 Å². The zero-order valence-electron chi connectivity index (χ0n) is 24.2. The Kier molecular flexibility index (Phi) is 8.41. The van der Waals surface area contributed by atoms with E-state index < -0.39 is 0 Å². The number of amides is 2. The first-order valence-electron chi connectivity index (χ1n) is 15.0. The molecule has 45 heavy (non-hydrogen) atoms. The molecule has 0 bridgehead atoms. The summed E-state index contributed by atoms with van der Waals surface area (Å²) in [7, 11) is 0. The Morgan fingerprint density at radius 3 is 1.62 bits per heavy atom. The molecular formula is C32H31Cl3N8O2. The fourth-order valence-electron chi connectivity index (χ4n) is 6.06. The third-order valence-electron chi connectivity index (χ3n) is 8.42. The number of imidazole rings is 2. The van der Waals surface area contributed by atoms with Crippen LogP contribution in [0, 0.1) is 0 Å². The summed E-state index contributed by atoms with van der Waals surface area (Å²) in [6.07, 6.45) is 6.61. The minimum Gasteiger partial charge on any atom is -0.352 e. The number of carbonyl (C=O) groups is 2. The molecule has 0 unspecified atom stereocenters. The molecule has 2 aliphatic heterocycles. The number of fused-ring (bicyclic) bond motifs is 2. The van der Waals surface area contributed by atoms with Crippen molar-refractivity contribution in [2.45, 2.75) is 50.9 Å². The maximum atomic E-state index is 11.5. The lowest BCUT2D eigenvalue weighted by Crippen LogP contribution is -2.35. The molecule has 10 nitrogen and oxygen atoms in total. The lowest BCUT2D eigenvalue weighted by Gasteiger charge is -2.11. The number of pyridine rings is 2. The molecule has 1 aromatic carbocycles. The van der Waals surface area contributed by atoms with Gasteiger partial charge in [-0.2, -0.15) is 0 Å². The Bertz CT molecular complexity index is 1800. The van der Waals surface area contributed by atoms with Gasteiger partial charge in [-0.25, -0.2) is 9.97 Å². The van der Waals surface area contributed by atoms with E-state index in [2.05, 4.69) is 21.3 Å². The molecule has 13 heteroatoms. The second kappa shape index (κ2) is 12.6. The zero-order chi connectivity index (χ0) is 31.1. The molecule has 4 N–H and O–H groups in total. The standard InChI is InChI=1S/C32H31Cl3N8O2/c33-30-22(18-8-10-42-26(12-18)40-24(31(42)34)16-36-14-20-4-6-28(44)38-20)2-1-3-23(30)19-9-11-43-27(13-19)41-25(32(43)35)17-37-15-21-5-7-29(45)39-21/h1-3,8-13,20-21,36-37H,4-7,14-17H2,(H,38,44)(H,39,45)/t20-,21-/m0/s1. The first-order chi connectivity index (χ1) is 21.8. The summed E-state index contributed by atoms with van der Waals surface area (Å²) in [5.74, 6) is 0.195. The first kappa shape index (κ1) is 30.0. The van der Waals surface area contributed by atoms with Gasteiger partial charge in [-0.1, -0.05) is 53.0 Å². The van der Waals surface area contributed by atoms with Crippen LogP contribution in [-0.4, -0.2) is 55.8 Å². The van der Waals surface area contributed by atoms with Gasteiger partial charge in [-0.3, -0.25) is 18.4 Å². The number of aromatic nitrogens is 4. The molecule has 4 aromatic heterocycles. The van der Waals surface area contributed by atoms with Gasteiger partial charge in [0.15, 0.2) is 0 Å². The summed E-state index contributed by atoms with van der Waals surface area (Å²) in [6, 6.07) is 14.1. The fourth-order valence-corrected chi connectivity index (χ4v) is 6.90. The monoisotopic (exact) mass is 664 g/mol. The van der Waals surface area contributed by atoms with Crippen molar-refractivity contribution in [3.63, 3.8) is 0 Å². The highest BCUT2D eigenvalue weighted by Gasteiger charge is 2.22. The van der Waals surface area contributed by atoms with Crippen molar-refractivity contribution in [2.24, 2.45) is 0 Å². The van der Waals surface area contributed by atoms with E-state index in [9.17, 15) is 9.59 Å². The number of nitrogens with one attached hydrogen (secondary N) is 4. The molecule has 0 spiro atoms. The Morgan fingerprint density at radius 1 is 0.733 bits per heavy atom. The van der Waals surface area contributed by atoms with Crippen LogP contribution in [0.15, 0.2) is 54.9 Å². The third kappa shape index (κ3) is 6.13. The molecule has 7 rings (SSSR count). The van der Waals surface area contributed by atoms with Crippen LogP contribution in [0.4, 0.5) is 0 Å². The second-order valence-corrected chi connectivity index (χ2v) is 12.6. The third-order valence-corrected chi connectivity index (χ3v) is 9.63. The van der Waals surface area contributed by atoms with Crippen LogP contribution in [0.3, 0.4) is 0 Å². The van der Waals surface area contributed by atoms with Crippen LogP contribution in [0.25, 0.3) is 33.5 Å². The second-order valence-electron chi connectivity index (χ2n) is 11.5. The molecule has 2 atom stereocenters. The predicted octanol–water partition coefficient (Wildman–Crippen LogP) is 5.01. The van der Waals surface area contributed by atoms with Crippen LogP contribution in [0.5, 0.6) is 0 Å². The van der Waals surface area contributed by atoms with Gasteiger partial charge in [0.1, 0.15) is 21.6 Å². The summed E-state index contributed by atoms with van der Waals surface area (Å²) in [6.45, 7) is 2.32. The number of benzene rings is 1. The van der Waals surface area contributed by atoms with Crippen molar-refractivity contribution in [1.82, 2.24) is 40.0 Å². The van der Waals surface area contributed by atoms with E-state index in [1.807, 2.05) is 63.7 Å². The zero-order valence-corrected chi connectivity index (χ0v) is 26.5.